The van der Waals surface area contributed by atoms with Crippen molar-refractivity contribution in [2.45, 2.75) is 13.0 Å². The van der Waals surface area contributed by atoms with Gasteiger partial charge in [-0.1, -0.05) is 6.07 Å². The number of rotatable bonds is 5. The monoisotopic (exact) mass is 277 g/mol. The zero-order chi connectivity index (χ0) is 14.7. The van der Waals surface area contributed by atoms with E-state index in [2.05, 4.69) is 0 Å². The zero-order valence-corrected chi connectivity index (χ0v) is 11.0. The van der Waals surface area contributed by atoms with E-state index in [1.807, 2.05) is 0 Å². The van der Waals surface area contributed by atoms with Gasteiger partial charge in [0.2, 0.25) is 0 Å². The molecule has 0 saturated carbocycles. The van der Waals surface area contributed by atoms with E-state index in [9.17, 15) is 14.7 Å². The van der Waals surface area contributed by atoms with E-state index in [0.717, 1.165) is 0 Å². The molecule has 0 spiro atoms. The highest BCUT2D eigenvalue weighted by Crippen LogP contribution is 2.24. The van der Waals surface area contributed by atoms with Crippen molar-refractivity contribution in [3.63, 3.8) is 0 Å². The van der Waals surface area contributed by atoms with Crippen LogP contribution in [-0.4, -0.2) is 34.5 Å². The van der Waals surface area contributed by atoms with Crippen LogP contribution < -0.4 is 10.2 Å². The summed E-state index contributed by atoms with van der Waals surface area (Å²) in [5.74, 6) is -0.564. The van der Waals surface area contributed by atoms with Gasteiger partial charge in [0, 0.05) is 23.7 Å². The first-order valence-electron chi connectivity index (χ1n) is 6.10. The average Bonchev–Trinajstić information content (AvgIpc) is 2.41. The maximum Gasteiger partial charge on any atom is 0.309 e. The summed E-state index contributed by atoms with van der Waals surface area (Å²) in [4.78, 5) is 23.0. The predicted molar refractivity (Wildman–Crippen MR) is 73.2 cm³/mol. The Morgan fingerprint density at radius 1 is 1.40 bits per heavy atom. The topological polar surface area (TPSA) is 88.8 Å². The molecule has 0 radical (unpaired) electrons. The van der Waals surface area contributed by atoms with Crippen molar-refractivity contribution in [1.29, 1.82) is 0 Å². The first-order chi connectivity index (χ1) is 9.58. The van der Waals surface area contributed by atoms with Gasteiger partial charge >= 0.3 is 5.97 Å². The smallest absolute Gasteiger partial charge is 0.309 e. The molecule has 1 aromatic heterocycles. The van der Waals surface area contributed by atoms with Gasteiger partial charge in [0.25, 0.3) is 0 Å². The molecule has 0 unspecified atom stereocenters. The van der Waals surface area contributed by atoms with Crippen molar-refractivity contribution in [3.8, 4) is 5.75 Å². The third-order valence-corrected chi connectivity index (χ3v) is 3.05. The molecule has 0 atom stereocenters. The Balaban J connectivity index is 2.84. The number of nitrogens with zero attached hydrogens (tertiary/aromatic N) is 1. The highest BCUT2D eigenvalue weighted by atomic mass is 16.5. The van der Waals surface area contributed by atoms with Crippen LogP contribution in [0.5, 0.6) is 5.75 Å². The predicted octanol–water partition coefficient (Wildman–Crippen LogP) is 0.629. The second-order valence-corrected chi connectivity index (χ2v) is 4.30. The lowest BCUT2D eigenvalue weighted by Crippen LogP contribution is -2.19. The van der Waals surface area contributed by atoms with Crippen LogP contribution in [0, 0.1) is 0 Å². The minimum Gasteiger partial charge on any atom is -0.495 e. The number of carboxylic acid groups (broad SMARTS) is 1. The molecule has 0 amide bonds. The minimum atomic E-state index is -1.04. The molecule has 0 saturated heterocycles. The maximum absolute atomic E-state index is 12.1. The number of methoxy groups -OCH3 is 1. The van der Waals surface area contributed by atoms with E-state index in [1.165, 1.54) is 13.2 Å². The first-order valence-corrected chi connectivity index (χ1v) is 6.10. The average molecular weight is 277 g/mol. The lowest BCUT2D eigenvalue weighted by Gasteiger charge is -2.17. The van der Waals surface area contributed by atoms with E-state index in [4.69, 9.17) is 9.84 Å². The van der Waals surface area contributed by atoms with Crippen molar-refractivity contribution >= 4 is 16.9 Å². The van der Waals surface area contributed by atoms with Crippen LogP contribution in [0.25, 0.3) is 10.9 Å². The SMILES string of the molecule is COc1cccc2c(=O)cc(CC(=O)O)n(CCO)c12. The van der Waals surface area contributed by atoms with Gasteiger partial charge < -0.3 is 19.5 Å². The van der Waals surface area contributed by atoms with Gasteiger partial charge in [-0.25, -0.2) is 0 Å². The largest absolute Gasteiger partial charge is 0.495 e. The number of benzene rings is 1. The van der Waals surface area contributed by atoms with E-state index in [1.54, 1.807) is 22.8 Å². The zero-order valence-electron chi connectivity index (χ0n) is 11.0. The Hall–Kier alpha value is -2.34. The molecule has 6 nitrogen and oxygen atoms in total. The summed E-state index contributed by atoms with van der Waals surface area (Å²) >= 11 is 0. The van der Waals surface area contributed by atoms with Crippen molar-refractivity contribution in [3.05, 3.63) is 40.2 Å². The molecular weight excluding hydrogens is 262 g/mol. The quantitative estimate of drug-likeness (QED) is 0.836. The number of hydrogen-bond donors (Lipinski definition) is 2. The van der Waals surface area contributed by atoms with Gasteiger partial charge in [-0.3, -0.25) is 9.59 Å². The number of carboxylic acids is 1. The molecule has 0 aliphatic carbocycles. The van der Waals surface area contributed by atoms with Crippen LogP contribution in [-0.2, 0) is 17.8 Å². The fourth-order valence-electron chi connectivity index (χ4n) is 2.27. The number of ether oxygens (including phenoxy) is 1. The van der Waals surface area contributed by atoms with Crippen LogP contribution in [0.15, 0.2) is 29.1 Å². The summed E-state index contributed by atoms with van der Waals surface area (Å²) in [5.41, 5.74) is 0.589. The Morgan fingerprint density at radius 2 is 2.15 bits per heavy atom. The van der Waals surface area contributed by atoms with Crippen molar-refractivity contribution in [2.24, 2.45) is 0 Å². The number of carbonyl (C=O) groups is 1. The summed E-state index contributed by atoms with van der Waals surface area (Å²) in [6.07, 6.45) is -0.288. The van der Waals surface area contributed by atoms with E-state index in [-0.39, 0.29) is 25.0 Å². The summed E-state index contributed by atoms with van der Waals surface area (Å²) in [5, 5.41) is 18.6. The lowest BCUT2D eigenvalue weighted by molar-refractivity contribution is -0.136. The molecule has 106 valence electrons. The number of aliphatic hydroxyl groups excluding tert-OH is 1. The summed E-state index contributed by atoms with van der Waals surface area (Å²) < 4.78 is 6.86. The molecule has 2 N–H and O–H groups in total. The van der Waals surface area contributed by atoms with Crippen LogP contribution >= 0.6 is 0 Å². The van der Waals surface area contributed by atoms with Gasteiger partial charge in [0.05, 0.1) is 25.7 Å². The van der Waals surface area contributed by atoms with Gasteiger partial charge in [0.15, 0.2) is 5.43 Å². The van der Waals surface area contributed by atoms with Crippen molar-refractivity contribution in [2.75, 3.05) is 13.7 Å². The van der Waals surface area contributed by atoms with E-state index < -0.39 is 5.97 Å². The highest BCUT2D eigenvalue weighted by molar-refractivity contribution is 5.86. The van der Waals surface area contributed by atoms with Gasteiger partial charge in [-0.2, -0.15) is 0 Å². The molecule has 1 aromatic carbocycles. The summed E-state index contributed by atoms with van der Waals surface area (Å²) in [6, 6.07) is 6.34. The number of aromatic nitrogens is 1. The molecule has 0 bridgehead atoms. The van der Waals surface area contributed by atoms with Gasteiger partial charge in [-0.05, 0) is 12.1 Å². The van der Waals surface area contributed by atoms with Crippen LogP contribution in [0.4, 0.5) is 0 Å². The fourth-order valence-corrected chi connectivity index (χ4v) is 2.27. The number of aliphatic hydroxyl groups is 1. The Morgan fingerprint density at radius 3 is 2.75 bits per heavy atom. The van der Waals surface area contributed by atoms with Crippen LogP contribution in [0.2, 0.25) is 0 Å². The Bertz CT molecular complexity index is 705. The number of fused-ring (bicyclic) bond motifs is 1. The standard InChI is InChI=1S/C14H15NO5/c1-20-12-4-2-3-10-11(17)7-9(8-13(18)19)15(5-6-16)14(10)12/h2-4,7,16H,5-6,8H2,1H3,(H,18,19). The van der Waals surface area contributed by atoms with Crippen LogP contribution in [0.1, 0.15) is 5.69 Å². The molecule has 6 heteroatoms. The van der Waals surface area contributed by atoms with Gasteiger partial charge in [-0.15, -0.1) is 0 Å². The van der Waals surface area contributed by atoms with E-state index >= 15 is 0 Å². The number of para-hydroxylation sites is 1. The summed E-state index contributed by atoms with van der Waals surface area (Å²) in [7, 11) is 1.48. The maximum atomic E-state index is 12.1. The fraction of sp³-hybridized carbons (Fsp3) is 0.286. The molecule has 1 heterocycles. The molecule has 0 aliphatic heterocycles. The number of hydrogen-bond acceptors (Lipinski definition) is 4. The van der Waals surface area contributed by atoms with Crippen molar-refractivity contribution < 1.29 is 19.7 Å². The van der Waals surface area contributed by atoms with E-state index in [0.29, 0.717) is 22.3 Å². The van der Waals surface area contributed by atoms with Gasteiger partial charge in [0.1, 0.15) is 5.75 Å². The minimum absolute atomic E-state index is 0.164. The number of aliphatic carboxylic acids is 1. The summed E-state index contributed by atoms with van der Waals surface area (Å²) in [6.45, 7) is 0.0302. The second-order valence-electron chi connectivity index (χ2n) is 4.30. The first kappa shape index (κ1) is 14.1. The highest BCUT2D eigenvalue weighted by Gasteiger charge is 2.14. The molecular formula is C14H15NO5. The van der Waals surface area contributed by atoms with Crippen molar-refractivity contribution in [1.82, 2.24) is 4.57 Å². The Labute approximate surface area is 114 Å². The number of pyridine rings is 1. The Kier molecular flexibility index (Phi) is 4.05. The molecule has 2 aromatic rings. The molecule has 0 aliphatic rings. The molecule has 2 rings (SSSR count). The normalized spacial score (nSPS) is 10.7. The molecule has 0 fully saturated rings. The third kappa shape index (κ3) is 2.50. The molecule has 20 heavy (non-hydrogen) atoms. The lowest BCUT2D eigenvalue weighted by atomic mass is 10.1. The second kappa shape index (κ2) is 5.75. The third-order valence-electron chi connectivity index (χ3n) is 3.05. The van der Waals surface area contributed by atoms with Crippen LogP contribution in [0.3, 0.4) is 0 Å².